The first kappa shape index (κ1) is 15.5. The number of nitrogens with zero attached hydrogens (tertiary/aromatic N) is 6. The van der Waals surface area contributed by atoms with E-state index in [1.54, 1.807) is 16.4 Å². The molecule has 0 aliphatic heterocycles. The average Bonchev–Trinajstić information content (AvgIpc) is 3.18. The lowest BCUT2D eigenvalue weighted by Gasteiger charge is -2.11. The number of rotatable bonds is 7. The number of thioether (sulfide) groups is 1. The van der Waals surface area contributed by atoms with E-state index >= 15 is 0 Å². The number of para-hydroxylation sites is 1. The summed E-state index contributed by atoms with van der Waals surface area (Å²) < 4.78 is 9.50. The minimum Gasteiger partial charge on any atom is -0.493 e. The van der Waals surface area contributed by atoms with Gasteiger partial charge in [0.25, 0.3) is 0 Å². The lowest BCUT2D eigenvalue weighted by atomic mass is 10.2. The predicted octanol–water partition coefficient (Wildman–Crippen LogP) is 2.26. The maximum absolute atomic E-state index is 5.71. The molecular formula is C15H18N6OS. The van der Waals surface area contributed by atoms with Crippen molar-refractivity contribution in [3.05, 3.63) is 36.7 Å². The Hall–Kier alpha value is -2.35. The van der Waals surface area contributed by atoms with Crippen LogP contribution in [-0.2, 0) is 13.6 Å². The molecule has 0 unspecified atom stereocenters. The molecule has 8 heteroatoms. The second-order valence-electron chi connectivity index (χ2n) is 4.81. The van der Waals surface area contributed by atoms with Crippen LogP contribution in [0.3, 0.4) is 0 Å². The van der Waals surface area contributed by atoms with Crippen LogP contribution in [0.4, 0.5) is 0 Å². The first-order valence-electron chi connectivity index (χ1n) is 7.38. The van der Waals surface area contributed by atoms with Gasteiger partial charge in [0.2, 0.25) is 5.16 Å². The van der Waals surface area contributed by atoms with Crippen molar-refractivity contribution >= 4 is 11.8 Å². The van der Waals surface area contributed by atoms with Gasteiger partial charge in [0.1, 0.15) is 11.6 Å². The quantitative estimate of drug-likeness (QED) is 0.619. The van der Waals surface area contributed by atoms with Crippen LogP contribution in [0.1, 0.15) is 6.92 Å². The van der Waals surface area contributed by atoms with E-state index in [0.717, 1.165) is 34.6 Å². The Morgan fingerprint density at radius 1 is 1.26 bits per heavy atom. The molecule has 3 aromatic rings. The van der Waals surface area contributed by atoms with Crippen molar-refractivity contribution < 1.29 is 4.74 Å². The van der Waals surface area contributed by atoms with Gasteiger partial charge in [-0.05, 0) is 29.5 Å². The van der Waals surface area contributed by atoms with E-state index in [0.29, 0.717) is 6.61 Å². The lowest BCUT2D eigenvalue weighted by molar-refractivity contribution is 0.341. The molecule has 2 heterocycles. The predicted molar refractivity (Wildman–Crippen MR) is 88.4 cm³/mol. The van der Waals surface area contributed by atoms with E-state index < -0.39 is 0 Å². The SMILES string of the molecule is CCOc1ccccc1-c1nccn1CCSc1nnnn1C. The fraction of sp³-hybridized carbons (Fsp3) is 0.333. The normalized spacial score (nSPS) is 10.9. The Morgan fingerprint density at radius 3 is 2.91 bits per heavy atom. The molecule has 0 radical (unpaired) electrons. The number of ether oxygens (including phenoxy) is 1. The van der Waals surface area contributed by atoms with E-state index in [1.165, 1.54) is 0 Å². The summed E-state index contributed by atoms with van der Waals surface area (Å²) >= 11 is 1.62. The van der Waals surface area contributed by atoms with Crippen molar-refractivity contribution in [2.24, 2.45) is 7.05 Å². The van der Waals surface area contributed by atoms with Gasteiger partial charge in [-0.1, -0.05) is 23.9 Å². The molecule has 0 saturated heterocycles. The highest BCUT2D eigenvalue weighted by molar-refractivity contribution is 7.99. The molecular weight excluding hydrogens is 312 g/mol. The molecule has 0 N–H and O–H groups in total. The molecule has 2 aromatic heterocycles. The third-order valence-electron chi connectivity index (χ3n) is 3.29. The molecule has 7 nitrogen and oxygen atoms in total. The highest BCUT2D eigenvalue weighted by Gasteiger charge is 2.12. The number of aromatic nitrogens is 6. The van der Waals surface area contributed by atoms with Gasteiger partial charge in [-0.3, -0.25) is 0 Å². The summed E-state index contributed by atoms with van der Waals surface area (Å²) in [6.07, 6.45) is 3.79. The summed E-state index contributed by atoms with van der Waals surface area (Å²) in [4.78, 5) is 4.49. The zero-order chi connectivity index (χ0) is 16.1. The summed E-state index contributed by atoms with van der Waals surface area (Å²) in [5.41, 5.74) is 1.00. The van der Waals surface area contributed by atoms with E-state index in [1.807, 2.05) is 50.6 Å². The van der Waals surface area contributed by atoms with Crippen molar-refractivity contribution in [2.45, 2.75) is 18.6 Å². The first-order valence-corrected chi connectivity index (χ1v) is 8.36. The fourth-order valence-corrected chi connectivity index (χ4v) is 3.03. The van der Waals surface area contributed by atoms with Gasteiger partial charge in [0.05, 0.1) is 12.2 Å². The van der Waals surface area contributed by atoms with Crippen molar-refractivity contribution in [1.29, 1.82) is 0 Å². The van der Waals surface area contributed by atoms with E-state index in [-0.39, 0.29) is 0 Å². The zero-order valence-corrected chi connectivity index (χ0v) is 13.9. The van der Waals surface area contributed by atoms with Crippen molar-refractivity contribution in [1.82, 2.24) is 29.8 Å². The molecule has 0 fully saturated rings. The van der Waals surface area contributed by atoms with Crippen molar-refractivity contribution in [3.63, 3.8) is 0 Å². The average molecular weight is 330 g/mol. The van der Waals surface area contributed by atoms with E-state index in [4.69, 9.17) is 4.74 Å². The van der Waals surface area contributed by atoms with E-state index in [2.05, 4.69) is 25.1 Å². The standard InChI is InChI=1S/C15H18N6OS/c1-3-22-13-7-5-4-6-12(13)14-16-8-9-21(14)10-11-23-15-17-18-19-20(15)2/h4-9H,3,10-11H2,1-2H3. The topological polar surface area (TPSA) is 70.7 Å². The Balaban J connectivity index is 1.74. The molecule has 1 aromatic carbocycles. The lowest BCUT2D eigenvalue weighted by Crippen LogP contribution is -2.04. The van der Waals surface area contributed by atoms with Crippen molar-refractivity contribution in [2.75, 3.05) is 12.4 Å². The second kappa shape index (κ2) is 7.28. The summed E-state index contributed by atoms with van der Waals surface area (Å²) in [5, 5.41) is 12.2. The smallest absolute Gasteiger partial charge is 0.209 e. The number of benzene rings is 1. The Labute approximate surface area is 138 Å². The molecule has 23 heavy (non-hydrogen) atoms. The molecule has 0 amide bonds. The van der Waals surface area contributed by atoms with Crippen LogP contribution in [0, 0.1) is 0 Å². The van der Waals surface area contributed by atoms with Crippen LogP contribution in [-0.4, -0.2) is 42.1 Å². The van der Waals surface area contributed by atoms with Gasteiger partial charge in [0, 0.05) is 31.7 Å². The molecule has 3 rings (SSSR count). The van der Waals surface area contributed by atoms with Gasteiger partial charge in [-0.15, -0.1) is 5.10 Å². The van der Waals surface area contributed by atoms with Gasteiger partial charge < -0.3 is 9.30 Å². The van der Waals surface area contributed by atoms with Gasteiger partial charge in [-0.25, -0.2) is 9.67 Å². The molecule has 0 bridgehead atoms. The number of hydrogen-bond acceptors (Lipinski definition) is 6. The number of imidazole rings is 1. The van der Waals surface area contributed by atoms with E-state index in [9.17, 15) is 0 Å². The van der Waals surface area contributed by atoms with Gasteiger partial charge in [-0.2, -0.15) is 0 Å². The number of hydrogen-bond donors (Lipinski definition) is 0. The maximum Gasteiger partial charge on any atom is 0.209 e. The third kappa shape index (κ3) is 3.53. The van der Waals surface area contributed by atoms with Crippen LogP contribution in [0.15, 0.2) is 41.8 Å². The maximum atomic E-state index is 5.71. The minimum absolute atomic E-state index is 0.632. The summed E-state index contributed by atoms with van der Waals surface area (Å²) in [7, 11) is 1.84. The first-order chi connectivity index (χ1) is 11.3. The highest BCUT2D eigenvalue weighted by Crippen LogP contribution is 2.28. The fourth-order valence-electron chi connectivity index (χ4n) is 2.25. The van der Waals surface area contributed by atoms with Crippen molar-refractivity contribution in [3.8, 4) is 17.1 Å². The molecule has 0 saturated carbocycles. The summed E-state index contributed by atoms with van der Waals surface area (Å²) in [6.45, 7) is 3.43. The van der Waals surface area contributed by atoms with Crippen LogP contribution >= 0.6 is 11.8 Å². The minimum atomic E-state index is 0.632. The molecule has 0 spiro atoms. The number of tetrazole rings is 1. The summed E-state index contributed by atoms with van der Waals surface area (Å²) in [6, 6.07) is 7.97. The molecule has 0 aliphatic carbocycles. The zero-order valence-electron chi connectivity index (χ0n) is 13.1. The number of aryl methyl sites for hydroxylation is 2. The highest BCUT2D eigenvalue weighted by atomic mass is 32.2. The Bertz CT molecular complexity index is 769. The van der Waals surface area contributed by atoms with Gasteiger partial charge in [0.15, 0.2) is 0 Å². The van der Waals surface area contributed by atoms with Crippen LogP contribution in [0.5, 0.6) is 5.75 Å². The molecule has 120 valence electrons. The van der Waals surface area contributed by atoms with Crippen LogP contribution < -0.4 is 4.74 Å². The Morgan fingerprint density at radius 2 is 2.13 bits per heavy atom. The molecule has 0 atom stereocenters. The van der Waals surface area contributed by atoms with Crippen LogP contribution in [0.25, 0.3) is 11.4 Å². The third-order valence-corrected chi connectivity index (χ3v) is 4.28. The van der Waals surface area contributed by atoms with Gasteiger partial charge >= 0.3 is 0 Å². The Kier molecular flexibility index (Phi) is 4.92. The monoisotopic (exact) mass is 330 g/mol. The largest absolute Gasteiger partial charge is 0.493 e. The second-order valence-corrected chi connectivity index (χ2v) is 5.87. The summed E-state index contributed by atoms with van der Waals surface area (Å²) in [5.74, 6) is 2.62. The molecule has 0 aliphatic rings. The van der Waals surface area contributed by atoms with Crippen LogP contribution in [0.2, 0.25) is 0 Å².